The highest BCUT2D eigenvalue weighted by atomic mass is 32.1. The van der Waals surface area contributed by atoms with Crippen molar-refractivity contribution in [3.05, 3.63) is 55.4 Å². The second kappa shape index (κ2) is 6.31. The molecule has 0 unspecified atom stereocenters. The van der Waals surface area contributed by atoms with Crippen LogP contribution in [0.1, 0.15) is 40.0 Å². The molecule has 0 fully saturated rings. The minimum absolute atomic E-state index is 0.0833. The fourth-order valence-corrected chi connectivity index (χ4v) is 3.98. The molecular weight excluding hydrogens is 310 g/mol. The first kappa shape index (κ1) is 15.4. The van der Waals surface area contributed by atoms with Crippen molar-refractivity contribution in [1.29, 1.82) is 5.26 Å². The third kappa shape index (κ3) is 3.01. The summed E-state index contributed by atoms with van der Waals surface area (Å²) in [5, 5.41) is 21.1. The Labute approximate surface area is 138 Å². The molecular formula is C17H15N3O2S. The van der Waals surface area contributed by atoms with Crippen molar-refractivity contribution in [3.8, 4) is 6.07 Å². The number of aliphatic imine (C=N–C) groups is 1. The molecule has 1 aliphatic carbocycles. The molecule has 0 atom stereocenters. The predicted octanol–water partition coefficient (Wildman–Crippen LogP) is 4.47. The van der Waals surface area contributed by atoms with E-state index >= 15 is 0 Å². The molecule has 0 spiro atoms. The van der Waals surface area contributed by atoms with Crippen LogP contribution in [0.25, 0.3) is 0 Å². The van der Waals surface area contributed by atoms with Crippen LogP contribution < -0.4 is 0 Å². The third-order valence-corrected chi connectivity index (χ3v) is 5.23. The normalized spacial score (nSPS) is 13.7. The van der Waals surface area contributed by atoms with E-state index in [-0.39, 0.29) is 5.69 Å². The van der Waals surface area contributed by atoms with Gasteiger partial charge in [0.1, 0.15) is 11.1 Å². The van der Waals surface area contributed by atoms with E-state index in [1.807, 2.05) is 0 Å². The van der Waals surface area contributed by atoms with Gasteiger partial charge in [0.15, 0.2) is 0 Å². The van der Waals surface area contributed by atoms with Gasteiger partial charge in [-0.1, -0.05) is 12.1 Å². The molecule has 1 aliphatic rings. The molecule has 3 rings (SSSR count). The highest BCUT2D eigenvalue weighted by Gasteiger charge is 2.20. The molecule has 0 N–H and O–H groups in total. The lowest BCUT2D eigenvalue weighted by Gasteiger charge is -2.09. The Hall–Kier alpha value is -2.52. The molecule has 0 amide bonds. The summed E-state index contributed by atoms with van der Waals surface area (Å²) in [7, 11) is 0. The van der Waals surface area contributed by atoms with Crippen LogP contribution >= 0.6 is 11.3 Å². The van der Waals surface area contributed by atoms with Crippen molar-refractivity contribution in [1.82, 2.24) is 0 Å². The van der Waals surface area contributed by atoms with E-state index < -0.39 is 4.92 Å². The first-order valence-electron chi connectivity index (χ1n) is 7.44. The molecule has 2 aromatic rings. The van der Waals surface area contributed by atoms with Crippen LogP contribution in [0.4, 0.5) is 10.7 Å². The zero-order valence-corrected chi connectivity index (χ0v) is 13.5. The molecule has 116 valence electrons. The van der Waals surface area contributed by atoms with E-state index in [0.29, 0.717) is 21.7 Å². The molecule has 0 saturated carbocycles. The lowest BCUT2D eigenvalue weighted by atomic mass is 9.96. The van der Waals surface area contributed by atoms with Crippen LogP contribution in [0.3, 0.4) is 0 Å². The van der Waals surface area contributed by atoms with E-state index in [9.17, 15) is 15.4 Å². The fourth-order valence-electron chi connectivity index (χ4n) is 2.79. The zero-order valence-electron chi connectivity index (χ0n) is 12.7. The minimum Gasteiger partial charge on any atom is -0.258 e. The molecule has 23 heavy (non-hydrogen) atoms. The molecule has 0 radical (unpaired) electrons. The number of hydrogen-bond donors (Lipinski definition) is 0. The smallest absolute Gasteiger partial charge is 0.258 e. The van der Waals surface area contributed by atoms with Gasteiger partial charge in [-0.15, -0.1) is 11.3 Å². The number of fused-ring (bicyclic) bond motifs is 1. The standard InChI is InChI=1S/C17H15N3O2S/c1-11-6-7-12(8-15(11)20(21)22)10-19-17-14(9-18)13-4-2-3-5-16(13)23-17/h6-8,10H,2-5H2,1H3/b19-10+. The average molecular weight is 325 g/mol. The van der Waals surface area contributed by atoms with Gasteiger partial charge in [0.05, 0.1) is 10.5 Å². The number of thiophene rings is 1. The maximum atomic E-state index is 11.0. The summed E-state index contributed by atoms with van der Waals surface area (Å²) in [5.74, 6) is 0. The third-order valence-electron chi connectivity index (χ3n) is 4.03. The Balaban J connectivity index is 1.95. The number of nitriles is 1. The van der Waals surface area contributed by atoms with E-state index in [0.717, 1.165) is 31.2 Å². The Morgan fingerprint density at radius 3 is 2.91 bits per heavy atom. The Kier molecular flexibility index (Phi) is 4.22. The van der Waals surface area contributed by atoms with Crippen LogP contribution in [-0.4, -0.2) is 11.1 Å². The first-order chi connectivity index (χ1) is 11.1. The van der Waals surface area contributed by atoms with Gasteiger partial charge in [-0.25, -0.2) is 4.99 Å². The Morgan fingerprint density at radius 1 is 1.39 bits per heavy atom. The number of nitrogens with zero attached hydrogens (tertiary/aromatic N) is 3. The summed E-state index contributed by atoms with van der Waals surface area (Å²) < 4.78 is 0. The highest BCUT2D eigenvalue weighted by Crippen LogP contribution is 2.39. The second-order valence-electron chi connectivity index (χ2n) is 5.56. The quantitative estimate of drug-likeness (QED) is 0.474. The van der Waals surface area contributed by atoms with E-state index in [1.54, 1.807) is 36.6 Å². The van der Waals surface area contributed by atoms with Crippen molar-refractivity contribution in [2.45, 2.75) is 32.6 Å². The summed E-state index contributed by atoms with van der Waals surface area (Å²) in [6.07, 6.45) is 5.84. The lowest BCUT2D eigenvalue weighted by Crippen LogP contribution is -1.99. The largest absolute Gasteiger partial charge is 0.272 e. The van der Waals surface area contributed by atoms with Gasteiger partial charge in [0.25, 0.3) is 5.69 Å². The summed E-state index contributed by atoms with van der Waals surface area (Å²) >= 11 is 1.57. The van der Waals surface area contributed by atoms with Gasteiger partial charge in [0, 0.05) is 22.7 Å². The first-order valence-corrected chi connectivity index (χ1v) is 8.25. The van der Waals surface area contributed by atoms with E-state index in [4.69, 9.17) is 0 Å². The molecule has 0 saturated heterocycles. The van der Waals surface area contributed by atoms with Gasteiger partial charge in [-0.2, -0.15) is 5.26 Å². The van der Waals surface area contributed by atoms with Crippen LogP contribution in [0.15, 0.2) is 23.2 Å². The Bertz CT molecular complexity index is 846. The molecule has 1 aromatic heterocycles. The highest BCUT2D eigenvalue weighted by molar-refractivity contribution is 7.16. The van der Waals surface area contributed by atoms with Gasteiger partial charge in [0.2, 0.25) is 0 Å². The number of nitro groups is 1. The maximum absolute atomic E-state index is 11.0. The number of nitro benzene ring substituents is 1. The second-order valence-corrected chi connectivity index (χ2v) is 6.65. The lowest BCUT2D eigenvalue weighted by molar-refractivity contribution is -0.385. The number of aryl methyl sites for hydroxylation is 2. The zero-order chi connectivity index (χ0) is 16.4. The monoisotopic (exact) mass is 325 g/mol. The molecule has 0 aliphatic heterocycles. The van der Waals surface area contributed by atoms with Crippen molar-refractivity contribution in [3.63, 3.8) is 0 Å². The summed E-state index contributed by atoms with van der Waals surface area (Å²) in [6, 6.07) is 7.29. The number of benzene rings is 1. The molecule has 0 bridgehead atoms. The van der Waals surface area contributed by atoms with Crippen LogP contribution in [0.5, 0.6) is 0 Å². The summed E-state index contributed by atoms with van der Waals surface area (Å²) in [4.78, 5) is 16.3. The molecule has 6 heteroatoms. The van der Waals surface area contributed by atoms with Crippen molar-refractivity contribution in [2.75, 3.05) is 0 Å². The van der Waals surface area contributed by atoms with E-state index in [1.165, 1.54) is 10.9 Å². The fraction of sp³-hybridized carbons (Fsp3) is 0.294. The van der Waals surface area contributed by atoms with Gasteiger partial charge in [-0.05, 0) is 43.7 Å². The van der Waals surface area contributed by atoms with Crippen LogP contribution in [0.2, 0.25) is 0 Å². The minimum atomic E-state index is -0.392. The van der Waals surface area contributed by atoms with E-state index in [2.05, 4.69) is 11.1 Å². The van der Waals surface area contributed by atoms with Crippen molar-refractivity contribution >= 4 is 28.2 Å². The predicted molar refractivity (Wildman–Crippen MR) is 90.8 cm³/mol. The van der Waals surface area contributed by atoms with Crippen molar-refractivity contribution < 1.29 is 4.92 Å². The molecule has 1 aromatic carbocycles. The SMILES string of the molecule is Cc1ccc(/C=N/c2sc3c(c2C#N)CCCC3)cc1[N+](=O)[O-]. The van der Waals surface area contributed by atoms with Gasteiger partial charge in [-0.3, -0.25) is 10.1 Å². The van der Waals surface area contributed by atoms with Crippen LogP contribution in [0, 0.1) is 28.4 Å². The number of rotatable bonds is 3. The molecule has 1 heterocycles. The topological polar surface area (TPSA) is 79.3 Å². The van der Waals surface area contributed by atoms with Crippen molar-refractivity contribution in [2.24, 2.45) is 4.99 Å². The average Bonchev–Trinajstić information content (AvgIpc) is 2.91. The summed E-state index contributed by atoms with van der Waals surface area (Å²) in [5.41, 5.74) is 3.18. The Morgan fingerprint density at radius 2 is 2.17 bits per heavy atom. The van der Waals surface area contributed by atoms with Gasteiger partial charge >= 0.3 is 0 Å². The van der Waals surface area contributed by atoms with Crippen LogP contribution in [-0.2, 0) is 12.8 Å². The van der Waals surface area contributed by atoms with Gasteiger partial charge < -0.3 is 0 Å². The maximum Gasteiger partial charge on any atom is 0.272 e. The number of hydrogen-bond acceptors (Lipinski definition) is 5. The summed E-state index contributed by atoms with van der Waals surface area (Å²) in [6.45, 7) is 1.71. The molecule has 5 nitrogen and oxygen atoms in total.